The van der Waals surface area contributed by atoms with Crippen molar-refractivity contribution < 1.29 is 8.83 Å². The molecule has 0 aliphatic rings. The quantitative estimate of drug-likeness (QED) is 0.317. The first-order valence-corrected chi connectivity index (χ1v) is 9.92. The summed E-state index contributed by atoms with van der Waals surface area (Å²) in [6.45, 7) is 4.05. The molecule has 0 radical (unpaired) electrons. The summed E-state index contributed by atoms with van der Waals surface area (Å²) in [6.07, 6.45) is 1.82. The normalized spacial score (nSPS) is 11.7. The van der Waals surface area contributed by atoms with Crippen LogP contribution in [0.5, 0.6) is 0 Å². The zero-order valence-electron chi connectivity index (χ0n) is 16.6. The molecular weight excluding hydrogens is 372 g/mol. The van der Waals surface area contributed by atoms with Crippen LogP contribution in [0.4, 0.5) is 0 Å². The first-order valence-electron chi connectivity index (χ1n) is 9.92. The lowest BCUT2D eigenvalue weighted by Crippen LogP contribution is -1.86. The number of pyridine rings is 2. The lowest BCUT2D eigenvalue weighted by atomic mass is 10.0. The molecule has 6 aromatic rings. The topological polar surface area (TPSA) is 52.1 Å². The van der Waals surface area contributed by atoms with E-state index in [0.29, 0.717) is 5.71 Å². The number of nitrogens with zero attached hydrogens (tertiary/aromatic N) is 2. The smallest absolute Gasteiger partial charge is 0.227 e. The van der Waals surface area contributed by atoms with Gasteiger partial charge < -0.3 is 8.83 Å². The lowest BCUT2D eigenvalue weighted by Gasteiger charge is -2.05. The van der Waals surface area contributed by atoms with E-state index in [1.807, 2.05) is 55.6 Å². The molecule has 0 aliphatic heterocycles. The van der Waals surface area contributed by atoms with E-state index >= 15 is 0 Å². The highest BCUT2D eigenvalue weighted by atomic mass is 16.3. The van der Waals surface area contributed by atoms with E-state index in [2.05, 4.69) is 41.2 Å². The summed E-state index contributed by atoms with van der Waals surface area (Å²) < 4.78 is 12.5. The second-order valence-corrected chi connectivity index (χ2v) is 7.65. The fourth-order valence-electron chi connectivity index (χ4n) is 4.07. The number of hydrogen-bond acceptors (Lipinski definition) is 4. The van der Waals surface area contributed by atoms with Crippen LogP contribution in [0.1, 0.15) is 11.3 Å². The zero-order chi connectivity index (χ0) is 20.2. The van der Waals surface area contributed by atoms with Crippen LogP contribution in [0, 0.1) is 13.8 Å². The molecule has 0 N–H and O–H groups in total. The molecule has 0 amide bonds. The molecule has 0 bridgehead atoms. The van der Waals surface area contributed by atoms with Gasteiger partial charge in [0.2, 0.25) is 5.71 Å². The Labute approximate surface area is 172 Å². The maximum absolute atomic E-state index is 6.30. The van der Waals surface area contributed by atoms with Crippen molar-refractivity contribution in [1.82, 2.24) is 9.97 Å². The molecule has 4 aromatic heterocycles. The van der Waals surface area contributed by atoms with Crippen LogP contribution in [-0.2, 0) is 0 Å². The molecular formula is C26H18N2O2. The summed E-state index contributed by atoms with van der Waals surface area (Å²) >= 11 is 0. The Kier molecular flexibility index (Phi) is 3.56. The summed E-state index contributed by atoms with van der Waals surface area (Å²) in [4.78, 5) is 9.26. The first-order chi connectivity index (χ1) is 14.7. The van der Waals surface area contributed by atoms with Crippen molar-refractivity contribution in [3.8, 4) is 22.6 Å². The third kappa shape index (κ3) is 2.54. The average Bonchev–Trinajstić information content (AvgIpc) is 3.35. The van der Waals surface area contributed by atoms with Crippen molar-refractivity contribution in [2.45, 2.75) is 13.8 Å². The number of aromatic nitrogens is 2. The van der Waals surface area contributed by atoms with Gasteiger partial charge in [0.05, 0.1) is 0 Å². The van der Waals surface area contributed by atoms with E-state index < -0.39 is 0 Å². The maximum atomic E-state index is 6.30. The van der Waals surface area contributed by atoms with Crippen LogP contribution in [0.25, 0.3) is 55.6 Å². The minimum Gasteiger partial charge on any atom is -0.454 e. The van der Waals surface area contributed by atoms with Crippen molar-refractivity contribution in [2.75, 3.05) is 0 Å². The number of fused-ring (bicyclic) bond motifs is 4. The molecule has 0 spiro atoms. The highest BCUT2D eigenvalue weighted by Crippen LogP contribution is 2.39. The van der Waals surface area contributed by atoms with E-state index in [1.54, 1.807) is 0 Å². The van der Waals surface area contributed by atoms with E-state index in [9.17, 15) is 0 Å². The van der Waals surface area contributed by atoms with E-state index in [0.717, 1.165) is 61.2 Å². The van der Waals surface area contributed by atoms with Gasteiger partial charge in [-0.1, -0.05) is 30.3 Å². The van der Waals surface area contributed by atoms with Crippen LogP contribution >= 0.6 is 0 Å². The molecule has 4 heterocycles. The molecule has 30 heavy (non-hydrogen) atoms. The van der Waals surface area contributed by atoms with Crippen LogP contribution in [0.3, 0.4) is 0 Å². The van der Waals surface area contributed by atoms with Crippen LogP contribution in [0.15, 0.2) is 81.8 Å². The van der Waals surface area contributed by atoms with Crippen molar-refractivity contribution in [3.63, 3.8) is 0 Å². The number of aryl methyl sites for hydroxylation is 2. The summed E-state index contributed by atoms with van der Waals surface area (Å²) in [5.74, 6) is 0.825. The van der Waals surface area contributed by atoms with Crippen molar-refractivity contribution in [1.29, 1.82) is 0 Å². The molecule has 0 fully saturated rings. The van der Waals surface area contributed by atoms with E-state index in [-0.39, 0.29) is 0 Å². The molecule has 0 saturated carbocycles. The van der Waals surface area contributed by atoms with Gasteiger partial charge in [-0.3, -0.25) is 4.98 Å². The van der Waals surface area contributed by atoms with Crippen LogP contribution < -0.4 is 0 Å². The summed E-state index contributed by atoms with van der Waals surface area (Å²) in [5, 5.41) is 3.07. The van der Waals surface area contributed by atoms with Gasteiger partial charge in [0, 0.05) is 39.2 Å². The minimum absolute atomic E-state index is 0.647. The Bertz CT molecular complexity index is 1560. The standard InChI is InChI=1S/C26H18N2O2/c1-15-12-20-19-9-8-16(2)28-26(19)30-25(20)21(13-15)23-24-18(10-11-27-23)14-22(29-24)17-6-4-3-5-7-17/h3-14H,1-2H3. The van der Waals surface area contributed by atoms with Gasteiger partial charge in [-0.15, -0.1) is 0 Å². The predicted molar refractivity (Wildman–Crippen MR) is 119 cm³/mol. The predicted octanol–water partition coefficient (Wildman–Crippen LogP) is 7.07. The van der Waals surface area contributed by atoms with E-state index in [4.69, 9.17) is 8.83 Å². The largest absolute Gasteiger partial charge is 0.454 e. The Morgan fingerprint density at radius 2 is 1.63 bits per heavy atom. The SMILES string of the molecule is Cc1cc(-c2nccc3cc(-c4ccccc4)oc23)c2oc3nc(C)ccc3c2c1. The zero-order valence-corrected chi connectivity index (χ0v) is 16.6. The highest BCUT2D eigenvalue weighted by molar-refractivity contribution is 6.10. The number of benzene rings is 2. The van der Waals surface area contributed by atoms with Gasteiger partial charge in [0.25, 0.3) is 0 Å². The Balaban J connectivity index is 1.65. The molecule has 2 aromatic carbocycles. The van der Waals surface area contributed by atoms with Gasteiger partial charge in [-0.05, 0) is 55.8 Å². The number of rotatable bonds is 2. The molecule has 0 aliphatic carbocycles. The van der Waals surface area contributed by atoms with Gasteiger partial charge in [0.1, 0.15) is 17.0 Å². The molecule has 6 rings (SSSR count). The second kappa shape index (κ2) is 6.29. The molecule has 0 atom stereocenters. The van der Waals surface area contributed by atoms with Gasteiger partial charge in [-0.2, -0.15) is 0 Å². The third-order valence-electron chi connectivity index (χ3n) is 5.47. The Hall–Kier alpha value is -3.92. The van der Waals surface area contributed by atoms with Crippen molar-refractivity contribution in [2.24, 2.45) is 0 Å². The third-order valence-corrected chi connectivity index (χ3v) is 5.47. The number of furan rings is 2. The van der Waals surface area contributed by atoms with Gasteiger partial charge in [0.15, 0.2) is 5.58 Å². The Morgan fingerprint density at radius 1 is 0.767 bits per heavy atom. The second-order valence-electron chi connectivity index (χ2n) is 7.65. The monoisotopic (exact) mass is 390 g/mol. The fourth-order valence-corrected chi connectivity index (χ4v) is 4.07. The fraction of sp³-hybridized carbons (Fsp3) is 0.0769. The highest BCUT2D eigenvalue weighted by Gasteiger charge is 2.19. The molecule has 4 heteroatoms. The summed E-state index contributed by atoms with van der Waals surface area (Å²) in [5.41, 5.74) is 6.98. The Morgan fingerprint density at radius 3 is 2.50 bits per heavy atom. The molecule has 4 nitrogen and oxygen atoms in total. The van der Waals surface area contributed by atoms with Crippen molar-refractivity contribution >= 4 is 33.0 Å². The van der Waals surface area contributed by atoms with Crippen LogP contribution in [0.2, 0.25) is 0 Å². The minimum atomic E-state index is 0.647. The van der Waals surface area contributed by atoms with E-state index in [1.165, 1.54) is 0 Å². The van der Waals surface area contributed by atoms with Crippen LogP contribution in [-0.4, -0.2) is 9.97 Å². The van der Waals surface area contributed by atoms with Crippen molar-refractivity contribution in [3.05, 3.63) is 84.2 Å². The summed E-state index contributed by atoms with van der Waals surface area (Å²) in [6, 6.07) is 22.5. The summed E-state index contributed by atoms with van der Waals surface area (Å²) in [7, 11) is 0. The lowest BCUT2D eigenvalue weighted by molar-refractivity contribution is 0.630. The first kappa shape index (κ1) is 17.0. The average molecular weight is 390 g/mol. The molecule has 144 valence electrons. The maximum Gasteiger partial charge on any atom is 0.227 e. The molecule has 0 unspecified atom stereocenters. The van der Waals surface area contributed by atoms with Gasteiger partial charge in [-0.25, -0.2) is 4.98 Å². The van der Waals surface area contributed by atoms with Gasteiger partial charge >= 0.3 is 0 Å². The molecule has 0 saturated heterocycles. The number of hydrogen-bond donors (Lipinski definition) is 0.